The molecule has 0 saturated heterocycles. The Balaban J connectivity index is 2.06. The Kier molecular flexibility index (Phi) is 10.2. The van der Waals surface area contributed by atoms with Crippen LogP contribution in [0.5, 0.6) is 0 Å². The van der Waals surface area contributed by atoms with Crippen LogP contribution in [0.1, 0.15) is 87.1 Å². The highest BCUT2D eigenvalue weighted by molar-refractivity contribution is 6.67. The predicted molar refractivity (Wildman–Crippen MR) is 92.2 cm³/mol. The van der Waals surface area contributed by atoms with E-state index in [2.05, 4.69) is 6.92 Å². The summed E-state index contributed by atoms with van der Waals surface area (Å²) in [5, 5.41) is -0.335. The number of aryl methyl sites for hydroxylation is 1. The first-order chi connectivity index (χ1) is 10.3. The average Bonchev–Trinajstić information content (AvgIpc) is 2.49. The third-order valence-corrected chi connectivity index (χ3v) is 4.23. The molecule has 1 nitrogen and oxygen atoms in total. The number of hydrogen-bond acceptors (Lipinski definition) is 1. The van der Waals surface area contributed by atoms with Crippen molar-refractivity contribution < 1.29 is 4.79 Å². The third kappa shape index (κ3) is 8.26. The van der Waals surface area contributed by atoms with Gasteiger partial charge in [0.15, 0.2) is 0 Å². The van der Waals surface area contributed by atoms with E-state index in [9.17, 15) is 4.79 Å². The summed E-state index contributed by atoms with van der Waals surface area (Å²) < 4.78 is 0. The number of halogens is 1. The van der Waals surface area contributed by atoms with Gasteiger partial charge >= 0.3 is 0 Å². The Morgan fingerprint density at radius 1 is 0.857 bits per heavy atom. The fourth-order valence-electron chi connectivity index (χ4n) is 2.73. The van der Waals surface area contributed by atoms with Gasteiger partial charge in [0, 0.05) is 5.56 Å². The summed E-state index contributed by atoms with van der Waals surface area (Å²) in [5.74, 6) is 0. The van der Waals surface area contributed by atoms with Crippen LogP contribution in [0.15, 0.2) is 24.3 Å². The van der Waals surface area contributed by atoms with Gasteiger partial charge in [-0.25, -0.2) is 0 Å². The molecule has 0 amide bonds. The van der Waals surface area contributed by atoms with E-state index in [1.54, 1.807) is 0 Å². The SMILES string of the molecule is CCCCCCCCCCCCc1ccccc1C(=O)Cl. The molecule has 0 radical (unpaired) electrons. The lowest BCUT2D eigenvalue weighted by molar-refractivity contribution is 0.108. The summed E-state index contributed by atoms with van der Waals surface area (Å²) in [5.41, 5.74) is 1.77. The van der Waals surface area contributed by atoms with Crippen molar-refractivity contribution in [1.82, 2.24) is 0 Å². The van der Waals surface area contributed by atoms with Crippen LogP contribution in [0.2, 0.25) is 0 Å². The van der Waals surface area contributed by atoms with E-state index in [0.717, 1.165) is 18.4 Å². The molecule has 0 fully saturated rings. The van der Waals surface area contributed by atoms with Crippen molar-refractivity contribution in [3.8, 4) is 0 Å². The van der Waals surface area contributed by atoms with Crippen molar-refractivity contribution in [3.05, 3.63) is 35.4 Å². The molecule has 1 rings (SSSR count). The Morgan fingerprint density at radius 3 is 1.95 bits per heavy atom. The maximum atomic E-state index is 11.3. The van der Waals surface area contributed by atoms with Crippen molar-refractivity contribution in [2.75, 3.05) is 0 Å². The molecular formula is C19H29ClO. The van der Waals surface area contributed by atoms with Crippen LogP contribution in [0.4, 0.5) is 0 Å². The largest absolute Gasteiger partial charge is 0.276 e. The lowest BCUT2D eigenvalue weighted by atomic mass is 10.0. The van der Waals surface area contributed by atoms with Crippen molar-refractivity contribution >= 4 is 16.8 Å². The van der Waals surface area contributed by atoms with E-state index < -0.39 is 0 Å². The molecule has 0 aliphatic carbocycles. The van der Waals surface area contributed by atoms with E-state index in [4.69, 9.17) is 11.6 Å². The van der Waals surface area contributed by atoms with Crippen LogP contribution in [-0.2, 0) is 6.42 Å². The van der Waals surface area contributed by atoms with Crippen LogP contribution >= 0.6 is 11.6 Å². The second-order valence-corrected chi connectivity index (χ2v) is 6.21. The van der Waals surface area contributed by atoms with E-state index in [1.807, 2.05) is 24.3 Å². The molecule has 0 saturated carbocycles. The smallest absolute Gasteiger partial charge is 0.252 e. The van der Waals surface area contributed by atoms with E-state index in [-0.39, 0.29) is 5.24 Å². The molecule has 0 aliphatic rings. The van der Waals surface area contributed by atoms with Crippen molar-refractivity contribution in [3.63, 3.8) is 0 Å². The number of carbonyl (C=O) groups is 1. The molecule has 0 aromatic heterocycles. The van der Waals surface area contributed by atoms with Gasteiger partial charge in [-0.2, -0.15) is 0 Å². The zero-order valence-corrected chi connectivity index (χ0v) is 14.1. The van der Waals surface area contributed by atoms with Gasteiger partial charge in [-0.3, -0.25) is 4.79 Å². The molecule has 0 aliphatic heterocycles. The lowest BCUT2D eigenvalue weighted by Crippen LogP contribution is -1.97. The molecule has 0 N–H and O–H groups in total. The summed E-state index contributed by atoms with van der Waals surface area (Å²) in [6, 6.07) is 7.69. The highest BCUT2D eigenvalue weighted by Gasteiger charge is 2.07. The fourth-order valence-corrected chi connectivity index (χ4v) is 2.92. The van der Waals surface area contributed by atoms with Crippen molar-refractivity contribution in [2.45, 2.75) is 77.6 Å². The summed E-state index contributed by atoms with van der Waals surface area (Å²) in [6.45, 7) is 2.26. The van der Waals surface area contributed by atoms with Crippen LogP contribution in [-0.4, -0.2) is 5.24 Å². The van der Waals surface area contributed by atoms with Crippen molar-refractivity contribution in [2.24, 2.45) is 0 Å². The van der Waals surface area contributed by atoms with Gasteiger partial charge < -0.3 is 0 Å². The van der Waals surface area contributed by atoms with Crippen LogP contribution < -0.4 is 0 Å². The Bertz CT molecular complexity index is 400. The molecule has 0 heterocycles. The van der Waals surface area contributed by atoms with Gasteiger partial charge in [-0.15, -0.1) is 0 Å². The van der Waals surface area contributed by atoms with E-state index >= 15 is 0 Å². The highest BCUT2D eigenvalue weighted by Crippen LogP contribution is 2.16. The van der Waals surface area contributed by atoms with Crippen LogP contribution in [0.3, 0.4) is 0 Å². The number of benzene rings is 1. The Labute approximate surface area is 135 Å². The Hall–Kier alpha value is -0.820. The van der Waals surface area contributed by atoms with E-state index in [1.165, 1.54) is 57.8 Å². The molecule has 2 heteroatoms. The maximum Gasteiger partial charge on any atom is 0.252 e. The monoisotopic (exact) mass is 308 g/mol. The number of rotatable bonds is 12. The first kappa shape index (κ1) is 18.2. The summed E-state index contributed by atoms with van der Waals surface area (Å²) >= 11 is 5.60. The van der Waals surface area contributed by atoms with Gasteiger partial charge in [0.2, 0.25) is 0 Å². The quantitative estimate of drug-likeness (QED) is 0.317. The minimum atomic E-state index is -0.335. The van der Waals surface area contributed by atoms with Crippen LogP contribution in [0, 0.1) is 0 Å². The van der Waals surface area contributed by atoms with Crippen molar-refractivity contribution in [1.29, 1.82) is 0 Å². The topological polar surface area (TPSA) is 17.1 Å². The van der Waals surface area contributed by atoms with Gasteiger partial charge in [0.1, 0.15) is 0 Å². The molecule has 1 aromatic rings. The predicted octanol–water partition coefficient (Wildman–Crippen LogP) is 6.53. The second kappa shape index (κ2) is 11.8. The number of carbonyl (C=O) groups excluding carboxylic acids is 1. The first-order valence-corrected chi connectivity index (χ1v) is 8.91. The molecule has 0 spiro atoms. The molecule has 118 valence electrons. The summed E-state index contributed by atoms with van der Waals surface area (Å²) in [6.07, 6.45) is 14.3. The highest BCUT2D eigenvalue weighted by atomic mass is 35.5. The zero-order chi connectivity index (χ0) is 15.3. The average molecular weight is 309 g/mol. The minimum absolute atomic E-state index is 0.335. The number of hydrogen-bond donors (Lipinski definition) is 0. The molecule has 1 aromatic carbocycles. The zero-order valence-electron chi connectivity index (χ0n) is 13.4. The number of unbranched alkanes of at least 4 members (excludes halogenated alkanes) is 9. The standard InChI is InChI=1S/C19H29ClO/c1-2-3-4-5-6-7-8-9-10-11-14-17-15-12-13-16-18(17)19(20)21/h12-13,15-16H,2-11,14H2,1H3. The first-order valence-electron chi connectivity index (χ1n) is 8.53. The third-order valence-electron chi connectivity index (χ3n) is 4.03. The molecular weight excluding hydrogens is 280 g/mol. The fraction of sp³-hybridized carbons (Fsp3) is 0.632. The molecule has 0 unspecified atom stereocenters. The van der Waals surface area contributed by atoms with Gasteiger partial charge in [-0.05, 0) is 36.1 Å². The van der Waals surface area contributed by atoms with Crippen LogP contribution in [0.25, 0.3) is 0 Å². The lowest BCUT2D eigenvalue weighted by Gasteiger charge is -2.06. The minimum Gasteiger partial charge on any atom is -0.276 e. The van der Waals surface area contributed by atoms with Gasteiger partial charge in [-0.1, -0.05) is 82.9 Å². The maximum absolute atomic E-state index is 11.3. The molecule has 21 heavy (non-hydrogen) atoms. The second-order valence-electron chi connectivity index (χ2n) is 5.86. The summed E-state index contributed by atoms with van der Waals surface area (Å²) in [7, 11) is 0. The normalized spacial score (nSPS) is 10.8. The Morgan fingerprint density at radius 2 is 1.38 bits per heavy atom. The molecule has 0 bridgehead atoms. The van der Waals surface area contributed by atoms with Gasteiger partial charge in [0.05, 0.1) is 0 Å². The summed E-state index contributed by atoms with van der Waals surface area (Å²) in [4.78, 5) is 11.3. The van der Waals surface area contributed by atoms with E-state index in [0.29, 0.717) is 5.56 Å². The molecule has 0 atom stereocenters. The van der Waals surface area contributed by atoms with Gasteiger partial charge in [0.25, 0.3) is 5.24 Å².